The Balaban J connectivity index is 1.73. The van der Waals surface area contributed by atoms with Gasteiger partial charge in [0.1, 0.15) is 11.4 Å². The van der Waals surface area contributed by atoms with Crippen LogP contribution in [0.15, 0.2) is 41.6 Å². The van der Waals surface area contributed by atoms with Crippen LogP contribution in [0.4, 0.5) is 0 Å². The van der Waals surface area contributed by atoms with Crippen molar-refractivity contribution in [1.82, 2.24) is 10.2 Å². The number of nitrogens with one attached hydrogen (secondary N) is 1. The summed E-state index contributed by atoms with van der Waals surface area (Å²) in [6.07, 6.45) is 0.0895. The number of carboxylic acids is 1. The fraction of sp³-hybridized carbons (Fsp3) is 0.312. The fourth-order valence-electron chi connectivity index (χ4n) is 2.96. The smallest absolute Gasteiger partial charge is 0.253 e. The van der Waals surface area contributed by atoms with Crippen molar-refractivity contribution in [2.45, 2.75) is 24.8 Å². The lowest BCUT2D eigenvalue weighted by atomic mass is 10.0. The molecule has 2 aliphatic heterocycles. The number of hydrogen-bond acceptors (Lipinski definition) is 5. The fourth-order valence-corrected chi connectivity index (χ4v) is 4.62. The number of hydrogen-bond donors (Lipinski definition) is 1. The first-order valence-electron chi connectivity index (χ1n) is 7.34. The van der Waals surface area contributed by atoms with E-state index >= 15 is 0 Å². The molecule has 0 aliphatic carbocycles. The van der Waals surface area contributed by atoms with Crippen LogP contribution in [0.5, 0.6) is 0 Å². The van der Waals surface area contributed by atoms with Crippen molar-refractivity contribution in [3.05, 3.63) is 47.2 Å². The number of fused-ring (bicyclic) bond motifs is 1. The lowest BCUT2D eigenvalue weighted by molar-refractivity contribution is -0.301. The van der Waals surface area contributed by atoms with Gasteiger partial charge in [0.25, 0.3) is 5.91 Å². The number of β-lactam (4-membered cyclic amide) rings is 1. The summed E-state index contributed by atoms with van der Waals surface area (Å²) in [7, 11) is -1.47. The first-order valence-corrected chi connectivity index (χ1v) is 8.73. The second kappa shape index (κ2) is 6.20. The van der Waals surface area contributed by atoms with E-state index < -0.39 is 34.1 Å². The third-order valence-electron chi connectivity index (χ3n) is 4.03. The molecule has 0 spiro atoms. The Hall–Kier alpha value is -2.48. The van der Waals surface area contributed by atoms with E-state index in [0.717, 1.165) is 10.5 Å². The van der Waals surface area contributed by atoms with Gasteiger partial charge in [-0.3, -0.25) is 18.7 Å². The van der Waals surface area contributed by atoms with E-state index in [4.69, 9.17) is 0 Å². The molecular formula is C16H15N2O5S-. The number of carboxylic acid groups (broad SMARTS) is 1. The first-order chi connectivity index (χ1) is 11.4. The van der Waals surface area contributed by atoms with Crippen LogP contribution in [0, 0.1) is 0 Å². The van der Waals surface area contributed by atoms with Gasteiger partial charge in [0, 0.05) is 5.75 Å². The molecule has 0 radical (unpaired) electrons. The second-order valence-corrected chi connectivity index (χ2v) is 7.28. The van der Waals surface area contributed by atoms with Crippen LogP contribution >= 0.6 is 0 Å². The van der Waals surface area contributed by atoms with Crippen LogP contribution in [-0.4, -0.2) is 44.1 Å². The molecule has 126 valence electrons. The van der Waals surface area contributed by atoms with Gasteiger partial charge >= 0.3 is 0 Å². The van der Waals surface area contributed by atoms with Crippen LogP contribution in [0.1, 0.15) is 12.5 Å². The molecule has 0 bridgehead atoms. The molecule has 1 aromatic rings. The number of rotatable bonds is 4. The minimum absolute atomic E-state index is 0.0445. The maximum absolute atomic E-state index is 12.2. The average Bonchev–Trinajstić information content (AvgIpc) is 2.53. The molecule has 1 unspecified atom stereocenters. The van der Waals surface area contributed by atoms with Crippen LogP contribution in [0.2, 0.25) is 0 Å². The first kappa shape index (κ1) is 16.4. The van der Waals surface area contributed by atoms with Gasteiger partial charge in [0.2, 0.25) is 5.91 Å². The lowest BCUT2D eigenvalue weighted by Gasteiger charge is -2.50. The van der Waals surface area contributed by atoms with Crippen molar-refractivity contribution in [3.63, 3.8) is 0 Å². The van der Waals surface area contributed by atoms with Gasteiger partial charge in [-0.2, -0.15) is 0 Å². The molecule has 8 heteroatoms. The van der Waals surface area contributed by atoms with E-state index in [2.05, 4.69) is 5.32 Å². The summed E-state index contributed by atoms with van der Waals surface area (Å²) in [6, 6.07) is 8.03. The topological polar surface area (TPSA) is 107 Å². The number of carbonyl (C=O) groups excluding carboxylic acids is 3. The molecule has 7 nitrogen and oxygen atoms in total. The van der Waals surface area contributed by atoms with Gasteiger partial charge in [-0.05, 0) is 18.1 Å². The highest BCUT2D eigenvalue weighted by atomic mass is 32.2. The molecule has 0 aromatic heterocycles. The van der Waals surface area contributed by atoms with E-state index in [1.165, 1.54) is 6.92 Å². The maximum Gasteiger partial charge on any atom is 0.253 e. The zero-order valence-corrected chi connectivity index (χ0v) is 13.7. The SMILES string of the molecule is CC1=C(C(=O)[O-])N2C(=O)[C@@H](NC(=O)Cc3ccccc3)[C@H]2S(=O)C1. The Labute approximate surface area is 140 Å². The number of nitrogens with zero attached hydrogens (tertiary/aromatic N) is 1. The number of aliphatic carboxylic acids is 1. The minimum Gasteiger partial charge on any atom is -0.543 e. The molecule has 2 amide bonds. The van der Waals surface area contributed by atoms with Gasteiger partial charge in [0.05, 0.1) is 28.9 Å². The lowest BCUT2D eigenvalue weighted by Crippen LogP contribution is -2.74. The molecule has 3 rings (SSSR count). The Bertz CT molecular complexity index is 774. The quantitative estimate of drug-likeness (QED) is 0.679. The van der Waals surface area contributed by atoms with Crippen molar-refractivity contribution < 1.29 is 23.7 Å². The van der Waals surface area contributed by atoms with E-state index in [1.54, 1.807) is 24.3 Å². The van der Waals surface area contributed by atoms with Crippen LogP contribution in [-0.2, 0) is 31.6 Å². The molecular weight excluding hydrogens is 332 g/mol. The third kappa shape index (κ3) is 2.73. The van der Waals surface area contributed by atoms with Crippen molar-refractivity contribution >= 4 is 28.6 Å². The highest BCUT2D eigenvalue weighted by Crippen LogP contribution is 2.34. The van der Waals surface area contributed by atoms with E-state index in [0.29, 0.717) is 5.57 Å². The molecule has 0 saturated carbocycles. The van der Waals surface area contributed by atoms with Crippen molar-refractivity contribution in [2.75, 3.05) is 5.75 Å². The summed E-state index contributed by atoms with van der Waals surface area (Å²) in [4.78, 5) is 36.5. The Kier molecular flexibility index (Phi) is 4.23. The van der Waals surface area contributed by atoms with Crippen molar-refractivity contribution in [2.24, 2.45) is 0 Å². The molecule has 1 N–H and O–H groups in total. The normalized spacial score (nSPS) is 25.8. The summed E-state index contributed by atoms with van der Waals surface area (Å²) in [5.41, 5.74) is 0.889. The largest absolute Gasteiger partial charge is 0.543 e. The summed E-state index contributed by atoms with van der Waals surface area (Å²) >= 11 is 0. The number of amides is 2. The summed E-state index contributed by atoms with van der Waals surface area (Å²) < 4.78 is 12.2. The zero-order valence-electron chi connectivity index (χ0n) is 12.9. The van der Waals surface area contributed by atoms with E-state index in [9.17, 15) is 23.7 Å². The Morgan fingerprint density at radius 2 is 2.00 bits per heavy atom. The van der Waals surface area contributed by atoms with Crippen LogP contribution in [0.25, 0.3) is 0 Å². The standard InChI is InChI=1S/C16H16N2O5S/c1-9-8-24(23)15-12(14(20)18(15)13(9)16(21)22)17-11(19)7-10-5-3-2-4-6-10/h2-6,12,15H,7-8H2,1H3,(H,17,19)(H,21,22)/p-1/t12-,15-,24?/m1/s1. The summed E-state index contributed by atoms with van der Waals surface area (Å²) in [6.45, 7) is 1.51. The Morgan fingerprint density at radius 1 is 1.33 bits per heavy atom. The predicted molar refractivity (Wildman–Crippen MR) is 83.4 cm³/mol. The third-order valence-corrected chi connectivity index (χ3v) is 5.77. The molecule has 1 saturated heterocycles. The molecule has 2 heterocycles. The molecule has 1 aromatic carbocycles. The van der Waals surface area contributed by atoms with Gasteiger partial charge in [0.15, 0.2) is 0 Å². The van der Waals surface area contributed by atoms with Crippen LogP contribution in [0.3, 0.4) is 0 Å². The summed E-state index contributed by atoms with van der Waals surface area (Å²) in [5, 5.41) is 12.9. The van der Waals surface area contributed by atoms with E-state index in [1.807, 2.05) is 6.07 Å². The summed E-state index contributed by atoms with van der Waals surface area (Å²) in [5.74, 6) is -2.38. The van der Waals surface area contributed by atoms with Gasteiger partial charge in [-0.15, -0.1) is 0 Å². The van der Waals surface area contributed by atoms with E-state index in [-0.39, 0.29) is 23.8 Å². The number of carbonyl (C=O) groups is 3. The molecule has 2 aliphatic rings. The Morgan fingerprint density at radius 3 is 2.62 bits per heavy atom. The van der Waals surface area contributed by atoms with Gasteiger partial charge < -0.3 is 15.2 Å². The molecule has 1 fully saturated rings. The van der Waals surface area contributed by atoms with Crippen molar-refractivity contribution in [3.8, 4) is 0 Å². The molecule has 3 atom stereocenters. The maximum atomic E-state index is 12.2. The van der Waals surface area contributed by atoms with Gasteiger partial charge in [-0.25, -0.2) is 0 Å². The zero-order chi connectivity index (χ0) is 17.4. The highest BCUT2D eigenvalue weighted by Gasteiger charge is 2.55. The highest BCUT2D eigenvalue weighted by molar-refractivity contribution is 7.86. The van der Waals surface area contributed by atoms with Gasteiger partial charge in [-0.1, -0.05) is 30.3 Å². The molecule has 24 heavy (non-hydrogen) atoms. The van der Waals surface area contributed by atoms with Crippen LogP contribution < -0.4 is 10.4 Å². The average molecular weight is 347 g/mol. The minimum atomic E-state index is -1.48. The number of benzene rings is 1. The van der Waals surface area contributed by atoms with Crippen molar-refractivity contribution in [1.29, 1.82) is 0 Å². The predicted octanol–water partition coefficient (Wildman–Crippen LogP) is -1.33. The monoisotopic (exact) mass is 347 g/mol. The second-order valence-electron chi connectivity index (χ2n) is 5.75.